The van der Waals surface area contributed by atoms with E-state index >= 15 is 0 Å². The number of rotatable bonds is 4. The molecule has 16 aromatic rings. The Morgan fingerprint density at radius 3 is 0.946 bits per heavy atom. The molecular formula is C126H150F2N20. The van der Waals surface area contributed by atoms with Crippen LogP contribution in [0.3, 0.4) is 0 Å². The van der Waals surface area contributed by atoms with Crippen LogP contribution >= 0.6 is 0 Å². The number of amidine groups is 2. The van der Waals surface area contributed by atoms with E-state index in [1.807, 2.05) is 73.1 Å². The summed E-state index contributed by atoms with van der Waals surface area (Å²) in [5.74, 6) is 4.58. The lowest BCUT2D eigenvalue weighted by molar-refractivity contribution is 0.368. The summed E-state index contributed by atoms with van der Waals surface area (Å²) in [6, 6.07) is 66.8. The molecular weight excluding hydrogens is 1830 g/mol. The Balaban J connectivity index is 0.000000142. The van der Waals surface area contributed by atoms with Crippen molar-refractivity contribution >= 4 is 112 Å². The average Bonchev–Trinajstić information content (AvgIpc) is 1.66. The van der Waals surface area contributed by atoms with Gasteiger partial charge in [-0.2, -0.15) is 0 Å². The van der Waals surface area contributed by atoms with Crippen molar-refractivity contribution in [3.8, 4) is 44.5 Å². The van der Waals surface area contributed by atoms with Crippen molar-refractivity contribution in [2.45, 2.75) is 238 Å². The number of anilines is 6. The highest BCUT2D eigenvalue weighted by Gasteiger charge is 2.45. The van der Waals surface area contributed by atoms with Crippen molar-refractivity contribution in [1.29, 1.82) is 0 Å². The SMILES string of the molecule is CC(C)(C)C1=CC2C(C=C1)N=C(N)C2(C)C.CC(C)(C)C1=CC2N=C(N)C(C)(C)C2C=C1.CC(C)(C)c1ccc2cc(-c3ccc(F)cc3)c(N)nc2c1.CC(C)(C)c1ccc2cc(-c3cccnc3)c(N)nc2c1.CC(C)(C)c1ccc2cnc(N)nc2c1.CC(C)(C)c1ccc2nc(N)c(-c3ccc(F)cc3)cc2c1.CC(C)(C)c1ccc2nc(N)c(-c3cccnc3)cc2c1.CC(C)(C)c1ccc2nc(N)ncc2c1. The molecule has 20 rings (SSSR count). The fourth-order valence-corrected chi connectivity index (χ4v) is 17.7. The van der Waals surface area contributed by atoms with Gasteiger partial charge in [-0.1, -0.05) is 321 Å². The van der Waals surface area contributed by atoms with Gasteiger partial charge in [0.05, 0.1) is 45.2 Å². The second-order valence-corrected chi connectivity index (χ2v) is 48.3. The number of nitrogens with zero attached hydrogens (tertiary/aromatic N) is 12. The van der Waals surface area contributed by atoms with Crippen LogP contribution in [0.5, 0.6) is 0 Å². The van der Waals surface area contributed by atoms with Crippen LogP contribution in [0.1, 0.15) is 227 Å². The quantitative estimate of drug-likeness (QED) is 0.0811. The molecule has 2 aliphatic heterocycles. The molecule has 148 heavy (non-hydrogen) atoms. The Morgan fingerprint density at radius 1 is 0.264 bits per heavy atom. The molecule has 0 amide bonds. The largest absolute Gasteiger partial charge is 0.387 e. The zero-order valence-corrected chi connectivity index (χ0v) is 91.6. The number of pyridine rings is 6. The molecule has 0 bridgehead atoms. The predicted octanol–water partition coefficient (Wildman–Crippen LogP) is 29.0. The molecule has 768 valence electrons. The number of halogens is 2. The summed E-state index contributed by atoms with van der Waals surface area (Å²) >= 11 is 0. The van der Waals surface area contributed by atoms with E-state index in [0.29, 0.717) is 47.0 Å². The van der Waals surface area contributed by atoms with Gasteiger partial charge in [-0.25, -0.2) is 48.7 Å². The highest BCUT2D eigenvalue weighted by molar-refractivity contribution is 5.95. The zero-order valence-electron chi connectivity index (χ0n) is 91.6. The number of nitrogen functional groups attached to an aromatic ring is 6. The number of fused-ring (bicyclic) bond motifs is 8. The maximum Gasteiger partial charge on any atom is 0.220 e. The topological polar surface area (TPSA) is 362 Å². The normalized spacial score (nSPS) is 16.2. The van der Waals surface area contributed by atoms with Crippen molar-refractivity contribution in [3.05, 3.63) is 336 Å². The molecule has 22 heteroatoms. The van der Waals surface area contributed by atoms with Crippen molar-refractivity contribution in [2.24, 2.45) is 54.9 Å². The number of aromatic nitrogens is 10. The van der Waals surface area contributed by atoms with Gasteiger partial charge in [0, 0.05) is 126 Å². The Hall–Kier alpha value is -15.1. The molecule has 4 atom stereocenters. The molecule has 0 saturated carbocycles. The molecule has 10 heterocycles. The summed E-state index contributed by atoms with van der Waals surface area (Å²) in [6.07, 6.45) is 24.3. The van der Waals surface area contributed by atoms with E-state index in [0.717, 1.165) is 122 Å². The van der Waals surface area contributed by atoms with Gasteiger partial charge in [-0.05, 0) is 214 Å². The first-order valence-corrected chi connectivity index (χ1v) is 50.7. The lowest BCUT2D eigenvalue weighted by Crippen LogP contribution is -2.35. The molecule has 0 radical (unpaired) electrons. The fraction of sp³-hybridized carbons (Fsp3) is 0.333. The van der Waals surface area contributed by atoms with Gasteiger partial charge in [-0.3, -0.25) is 20.0 Å². The van der Waals surface area contributed by atoms with Gasteiger partial charge >= 0.3 is 0 Å². The standard InChI is InChI=1S/2C19H19FN2.2C18H19N3.2C14H22N2.2C12H15N3/c1-19(2,3)14-7-4-13-10-16(18(21)22-17(13)11-14)12-5-8-15(20)9-6-12;1-19(2,3)14-6-9-17-13(10-14)11-16(18(21)22-17)12-4-7-15(20)8-5-12;1-18(2,3)14-7-6-12-9-15(13-5-4-8-20-11-13)17(19)21-16(12)10-14;1-18(2,3)14-6-7-16-13(9-14)10-15(17(19)21-16)12-5-4-8-20-11-12;1-13(2,3)9-6-7-11-10(8-9)14(4,5)12(15)16-11;1-13(2,3)9-6-7-10-11(8-9)16-12(15)14(10,4)5;1-12(2,3)9-4-5-10-8(6-9)7-14-11(13)15-10;1-12(2,3)9-5-4-8-7-14-11(13)15-10(8)6-9/h2*4-11H,1-3H3,(H2,21,22);2*4-11H,1-3H3,(H2,19,21);2*6-8,10-11H,1-5H3,(H2,15,16);2*4-7H,1-3H3,(H2,13,14,15). The number of benzene rings is 8. The van der Waals surface area contributed by atoms with Crippen LogP contribution in [0.2, 0.25) is 0 Å². The maximum atomic E-state index is 13.1. The van der Waals surface area contributed by atoms with Gasteiger partial charge in [-0.15, -0.1) is 0 Å². The molecule has 8 aromatic heterocycles. The first-order chi connectivity index (χ1) is 69.0. The third-order valence-corrected chi connectivity index (χ3v) is 27.7. The van der Waals surface area contributed by atoms with Crippen LogP contribution in [0.25, 0.3) is 110 Å². The predicted molar refractivity (Wildman–Crippen MR) is 621 cm³/mol. The van der Waals surface area contributed by atoms with Crippen LogP contribution < -0.4 is 45.9 Å². The van der Waals surface area contributed by atoms with Crippen molar-refractivity contribution in [2.75, 3.05) is 34.4 Å². The van der Waals surface area contributed by atoms with Crippen LogP contribution in [0.4, 0.5) is 43.9 Å². The summed E-state index contributed by atoms with van der Waals surface area (Å²) in [7, 11) is 0. The van der Waals surface area contributed by atoms with Gasteiger partial charge in [0.1, 0.15) is 46.6 Å². The van der Waals surface area contributed by atoms with E-state index < -0.39 is 0 Å². The van der Waals surface area contributed by atoms with Gasteiger partial charge in [0.2, 0.25) is 11.9 Å². The van der Waals surface area contributed by atoms with Crippen LogP contribution in [-0.2, 0) is 32.5 Å². The number of hydrogen-bond donors (Lipinski definition) is 8. The lowest BCUT2D eigenvalue weighted by Gasteiger charge is -2.32. The third-order valence-electron chi connectivity index (χ3n) is 27.7. The van der Waals surface area contributed by atoms with Gasteiger partial charge < -0.3 is 45.9 Å². The molecule has 0 saturated heterocycles. The minimum Gasteiger partial charge on any atom is -0.387 e. The Labute approximate surface area is 873 Å². The number of allylic oxidation sites excluding steroid dienone is 4. The van der Waals surface area contributed by atoms with Crippen molar-refractivity contribution in [1.82, 2.24) is 49.8 Å². The second-order valence-electron chi connectivity index (χ2n) is 48.3. The smallest absolute Gasteiger partial charge is 0.220 e. The minimum atomic E-state index is -0.258. The maximum absolute atomic E-state index is 13.1. The van der Waals surface area contributed by atoms with Crippen LogP contribution in [-0.4, -0.2) is 73.6 Å². The van der Waals surface area contributed by atoms with E-state index in [-0.39, 0.29) is 77.9 Å². The summed E-state index contributed by atoms with van der Waals surface area (Å²) < 4.78 is 26.2. The first kappa shape index (κ1) is 110. The number of hydrogen-bond acceptors (Lipinski definition) is 20. The fourth-order valence-electron chi connectivity index (χ4n) is 17.7. The number of nitrogens with two attached hydrogens (primary N) is 8. The molecule has 16 N–H and O–H groups in total. The second kappa shape index (κ2) is 43.2. The molecule has 4 aliphatic rings. The average molecular weight is 1980 g/mol. The number of aliphatic imine (C=N–C) groups is 2. The molecule has 2 aliphatic carbocycles. The summed E-state index contributed by atoms with van der Waals surface area (Å²) in [4.78, 5) is 51.9. The highest BCUT2D eigenvalue weighted by Crippen LogP contribution is 2.47. The molecule has 0 fully saturated rings. The third kappa shape index (κ3) is 26.9. The van der Waals surface area contributed by atoms with Crippen LogP contribution in [0.15, 0.2) is 301 Å². The summed E-state index contributed by atoms with van der Waals surface area (Å²) in [5, 5.41) is 6.34. The van der Waals surface area contributed by atoms with Crippen molar-refractivity contribution < 1.29 is 8.78 Å². The van der Waals surface area contributed by atoms with E-state index in [1.54, 1.807) is 49.1 Å². The highest BCUT2D eigenvalue weighted by atomic mass is 19.1. The Bertz CT molecular complexity index is 7720. The molecule has 4 unspecified atom stereocenters. The molecule has 8 aromatic carbocycles. The zero-order chi connectivity index (χ0) is 108. The monoisotopic (exact) mass is 1980 g/mol. The van der Waals surface area contributed by atoms with Crippen LogP contribution in [0, 0.1) is 45.1 Å². The summed E-state index contributed by atoms with van der Waals surface area (Å²) in [5.41, 5.74) is 71.6. The van der Waals surface area contributed by atoms with E-state index in [9.17, 15) is 8.78 Å². The molecule has 0 spiro atoms. The first-order valence-electron chi connectivity index (χ1n) is 50.7. The van der Waals surface area contributed by atoms with E-state index in [1.165, 1.54) is 68.8 Å². The van der Waals surface area contributed by atoms with Gasteiger partial charge in [0.25, 0.3) is 0 Å². The summed E-state index contributed by atoms with van der Waals surface area (Å²) in [6.45, 7) is 61.5. The Morgan fingerprint density at radius 2 is 0.568 bits per heavy atom. The van der Waals surface area contributed by atoms with E-state index in [2.05, 4.69) is 387 Å². The van der Waals surface area contributed by atoms with Gasteiger partial charge in [0.15, 0.2) is 0 Å². The lowest BCUT2D eigenvalue weighted by atomic mass is 9.71. The van der Waals surface area contributed by atoms with Crippen molar-refractivity contribution in [3.63, 3.8) is 0 Å². The minimum absolute atomic E-state index is 0.00107. The van der Waals surface area contributed by atoms with E-state index in [4.69, 9.17) is 45.9 Å². The Kier molecular flexibility index (Phi) is 32.1. The molecule has 20 nitrogen and oxygen atoms in total.